The summed E-state index contributed by atoms with van der Waals surface area (Å²) in [7, 11) is 1.67. The van der Waals surface area contributed by atoms with Gasteiger partial charge in [-0.3, -0.25) is 19.2 Å². The van der Waals surface area contributed by atoms with Gasteiger partial charge in [-0.05, 0) is 98.3 Å². The van der Waals surface area contributed by atoms with Crippen LogP contribution < -0.4 is 32.6 Å². The van der Waals surface area contributed by atoms with Crippen LogP contribution in [0.4, 0.5) is 0 Å². The number of nitrogens with zero attached hydrogens (tertiary/aromatic N) is 4. The fourth-order valence-electron chi connectivity index (χ4n) is 8.63. The number of carbonyl (C=O) groups is 4. The molecule has 71 heavy (non-hydrogen) atoms. The van der Waals surface area contributed by atoms with Crippen LogP contribution in [0.15, 0.2) is 134 Å². The molecular weight excluding hydrogens is 891 g/mol. The standard InChI is InChI=1S/C27H27N5O2.C23H21N3O2.C5H9NO.2CH4/c1-17-5-7-18(8-6-17)15-32-16-20(14-30-24-11-12-29-27(24)34)21-13-19(9-10-25(21)32)22-3-2-4-23(31-22)26(28)33;1-15-6-8-16(9-7-15)13-26-14-22(28-2)18-12-17(10-11-21(18)26)19-4-3-5-20(25-19)23(24)27;6-4-2-1-3-5(4)7;;/h2-10,13,16,24,30H,11-12,14-15H2,1H3,(H2,28,33)(H,29,34);3-12,14H,13H2,1-2H3,(H2,24,27);4H,1-3,6H2;2*1H4. The third-order valence-electron chi connectivity index (χ3n) is 12.5. The van der Waals surface area contributed by atoms with Crippen molar-refractivity contribution in [2.24, 2.45) is 17.2 Å². The van der Waals surface area contributed by atoms with Gasteiger partial charge in [-0.2, -0.15) is 0 Å². The fourth-order valence-corrected chi connectivity index (χ4v) is 8.63. The van der Waals surface area contributed by atoms with Gasteiger partial charge in [-0.1, -0.05) is 98.8 Å². The zero-order valence-electron chi connectivity index (χ0n) is 39.1. The van der Waals surface area contributed by atoms with E-state index in [4.69, 9.17) is 21.9 Å². The van der Waals surface area contributed by atoms with Crippen molar-refractivity contribution in [2.45, 2.75) is 86.1 Å². The first kappa shape index (κ1) is 52.4. The van der Waals surface area contributed by atoms with E-state index in [0.717, 1.165) is 76.6 Å². The number of hydrogen-bond donors (Lipinski definition) is 5. The SMILES string of the molecule is C.C.COc1cn(Cc2ccc(C)cc2)c2ccc(-c3cccc(C(N)=O)n3)cc12.Cc1ccc(Cn2cc(CNC3CCNC3=O)c3cc(-c4cccc(C(N)=O)n4)ccc32)cc1.NC1CCCC1=O. The summed E-state index contributed by atoms with van der Waals surface area (Å²) in [6.07, 6.45) is 7.57. The zero-order chi connectivity index (χ0) is 48.6. The van der Waals surface area contributed by atoms with Crippen LogP contribution in [-0.4, -0.2) is 68.3 Å². The second-order valence-corrected chi connectivity index (χ2v) is 17.6. The Morgan fingerprint density at radius 2 is 1.23 bits per heavy atom. The number of amides is 3. The van der Waals surface area contributed by atoms with Gasteiger partial charge in [0.25, 0.3) is 11.8 Å². The van der Waals surface area contributed by atoms with Crippen LogP contribution in [-0.2, 0) is 29.2 Å². The molecule has 4 aromatic heterocycles. The lowest BCUT2D eigenvalue weighted by molar-refractivity contribution is -0.121. The number of benzene rings is 4. The van der Waals surface area contributed by atoms with Crippen molar-refractivity contribution >= 4 is 45.3 Å². The van der Waals surface area contributed by atoms with E-state index in [-0.39, 0.29) is 50.0 Å². The van der Waals surface area contributed by atoms with Gasteiger partial charge < -0.3 is 41.7 Å². The lowest BCUT2D eigenvalue weighted by Crippen LogP contribution is -2.35. The minimum absolute atomic E-state index is 0. The zero-order valence-corrected chi connectivity index (χ0v) is 39.1. The third kappa shape index (κ3) is 12.6. The minimum Gasteiger partial charge on any atom is -0.495 e. The molecule has 0 bridgehead atoms. The van der Waals surface area contributed by atoms with Gasteiger partial charge in [0.1, 0.15) is 22.9 Å². The molecule has 3 amide bonds. The number of hydrogen-bond acceptors (Lipinski definition) is 9. The number of aromatic nitrogens is 4. The summed E-state index contributed by atoms with van der Waals surface area (Å²) in [6.45, 7) is 6.96. The van der Waals surface area contributed by atoms with Gasteiger partial charge in [-0.15, -0.1) is 0 Å². The number of nitrogens with two attached hydrogens (primary N) is 3. The minimum atomic E-state index is -0.549. The van der Waals surface area contributed by atoms with Gasteiger partial charge in [0, 0.05) is 72.4 Å². The van der Waals surface area contributed by atoms with Crippen molar-refractivity contribution < 1.29 is 23.9 Å². The first-order chi connectivity index (χ1) is 33.3. The normalized spacial score (nSPS) is 14.9. The Balaban J connectivity index is 0.000000202. The average Bonchev–Trinajstić information content (AvgIpc) is 4.14. The van der Waals surface area contributed by atoms with E-state index in [1.165, 1.54) is 22.3 Å². The smallest absolute Gasteiger partial charge is 0.267 e. The summed E-state index contributed by atoms with van der Waals surface area (Å²) in [5.74, 6) is 0.00299. The van der Waals surface area contributed by atoms with Gasteiger partial charge in [0.15, 0.2) is 0 Å². The largest absolute Gasteiger partial charge is 0.495 e. The summed E-state index contributed by atoms with van der Waals surface area (Å²) in [5.41, 5.74) is 28.0. The Labute approximate surface area is 415 Å². The highest BCUT2D eigenvalue weighted by atomic mass is 16.5. The molecule has 8 N–H and O–H groups in total. The average molecular weight is 956 g/mol. The maximum absolute atomic E-state index is 12.0. The summed E-state index contributed by atoms with van der Waals surface area (Å²) in [4.78, 5) is 54.3. The lowest BCUT2D eigenvalue weighted by Gasteiger charge is -2.09. The summed E-state index contributed by atoms with van der Waals surface area (Å²) in [6, 6.07) is 39.6. The van der Waals surface area contributed by atoms with Gasteiger partial charge in [-0.25, -0.2) is 9.97 Å². The molecule has 0 radical (unpaired) electrons. The van der Waals surface area contributed by atoms with Crippen LogP contribution in [0.5, 0.6) is 5.75 Å². The molecule has 2 aliphatic rings. The first-order valence-corrected chi connectivity index (χ1v) is 23.1. The molecule has 368 valence electrons. The molecular formula is C57H65N9O5. The molecule has 10 rings (SSSR count). The Morgan fingerprint density at radius 3 is 1.68 bits per heavy atom. The number of methoxy groups -OCH3 is 1. The molecule has 5 heterocycles. The summed E-state index contributed by atoms with van der Waals surface area (Å²) in [5, 5.41) is 8.37. The molecule has 1 saturated carbocycles. The van der Waals surface area contributed by atoms with Gasteiger partial charge in [0.05, 0.1) is 36.1 Å². The monoisotopic (exact) mass is 956 g/mol. The van der Waals surface area contributed by atoms with Gasteiger partial charge in [0.2, 0.25) is 5.91 Å². The van der Waals surface area contributed by atoms with Crippen molar-refractivity contribution in [1.29, 1.82) is 0 Å². The number of aryl methyl sites for hydroxylation is 2. The number of pyridine rings is 2. The maximum atomic E-state index is 12.0. The number of fused-ring (bicyclic) bond motifs is 2. The molecule has 1 saturated heterocycles. The molecule has 1 aliphatic carbocycles. The van der Waals surface area contributed by atoms with E-state index in [2.05, 4.69) is 117 Å². The van der Waals surface area contributed by atoms with Crippen molar-refractivity contribution in [2.75, 3.05) is 13.7 Å². The number of carbonyl (C=O) groups excluding carboxylic acids is 4. The van der Waals surface area contributed by atoms with E-state index < -0.39 is 11.8 Å². The highest BCUT2D eigenvalue weighted by Crippen LogP contribution is 2.33. The van der Waals surface area contributed by atoms with Crippen molar-refractivity contribution in [3.8, 4) is 28.3 Å². The number of ether oxygens (including phenoxy) is 1. The fraction of sp³-hybridized carbons (Fsp3) is 0.263. The summed E-state index contributed by atoms with van der Waals surface area (Å²) >= 11 is 0. The molecule has 14 heteroatoms. The molecule has 0 spiro atoms. The van der Waals surface area contributed by atoms with Crippen LogP contribution in [0.25, 0.3) is 44.3 Å². The Hall–Kier alpha value is -7.94. The molecule has 1 aliphatic heterocycles. The number of rotatable bonds is 12. The van der Waals surface area contributed by atoms with E-state index in [0.29, 0.717) is 30.9 Å². The molecule has 2 fully saturated rings. The number of nitrogens with one attached hydrogen (secondary N) is 2. The van der Waals surface area contributed by atoms with E-state index >= 15 is 0 Å². The second kappa shape index (κ2) is 23.6. The number of ketones is 1. The van der Waals surface area contributed by atoms with Crippen LogP contribution in [0.3, 0.4) is 0 Å². The molecule has 2 atom stereocenters. The van der Waals surface area contributed by atoms with Crippen LogP contribution in [0, 0.1) is 13.8 Å². The van der Waals surface area contributed by atoms with Crippen LogP contribution in [0.2, 0.25) is 0 Å². The van der Waals surface area contributed by atoms with Crippen molar-refractivity contribution in [3.05, 3.63) is 173 Å². The Bertz CT molecular complexity index is 3160. The Morgan fingerprint density at radius 1 is 0.704 bits per heavy atom. The number of Topliss-reactive ketones (excluding diaryl/α,β-unsaturated/α-hetero) is 1. The van der Waals surface area contributed by atoms with Crippen LogP contribution >= 0.6 is 0 Å². The molecule has 2 unspecified atom stereocenters. The lowest BCUT2D eigenvalue weighted by atomic mass is 10.1. The quantitative estimate of drug-likeness (QED) is 0.0791. The molecule has 8 aromatic rings. The molecule has 14 nitrogen and oxygen atoms in total. The third-order valence-corrected chi connectivity index (χ3v) is 12.5. The van der Waals surface area contributed by atoms with Crippen LogP contribution in [0.1, 0.15) is 89.3 Å². The highest BCUT2D eigenvalue weighted by molar-refractivity contribution is 5.94. The number of primary amides is 2. The highest BCUT2D eigenvalue weighted by Gasteiger charge is 2.24. The Kier molecular flexibility index (Phi) is 17.4. The topological polar surface area (TPSA) is 215 Å². The van der Waals surface area contributed by atoms with Gasteiger partial charge >= 0.3 is 0 Å². The van der Waals surface area contributed by atoms with E-state index in [1.807, 2.05) is 36.5 Å². The first-order valence-electron chi connectivity index (χ1n) is 23.1. The predicted molar refractivity (Wildman–Crippen MR) is 283 cm³/mol. The van der Waals surface area contributed by atoms with E-state index in [9.17, 15) is 19.2 Å². The van der Waals surface area contributed by atoms with Crippen molar-refractivity contribution in [1.82, 2.24) is 29.7 Å². The van der Waals surface area contributed by atoms with E-state index in [1.54, 1.807) is 31.4 Å². The predicted octanol–water partition coefficient (Wildman–Crippen LogP) is 8.64. The van der Waals surface area contributed by atoms with Crippen molar-refractivity contribution in [3.63, 3.8) is 0 Å². The molecule has 4 aromatic carbocycles. The summed E-state index contributed by atoms with van der Waals surface area (Å²) < 4.78 is 10.0. The second-order valence-electron chi connectivity index (χ2n) is 17.6. The maximum Gasteiger partial charge on any atom is 0.267 e.